The lowest BCUT2D eigenvalue weighted by molar-refractivity contribution is 0.370. The summed E-state index contributed by atoms with van der Waals surface area (Å²) in [5, 5.41) is 15.6. The van der Waals surface area contributed by atoms with Crippen molar-refractivity contribution >= 4 is 11.3 Å². The average Bonchev–Trinajstić information content (AvgIpc) is 2.97. The van der Waals surface area contributed by atoms with Gasteiger partial charge in [0.1, 0.15) is 0 Å². The van der Waals surface area contributed by atoms with E-state index in [-0.39, 0.29) is 11.8 Å². The second kappa shape index (κ2) is 6.08. The first kappa shape index (κ1) is 14.4. The number of nitrogens with one attached hydrogen (secondary N) is 1. The van der Waals surface area contributed by atoms with E-state index in [1.807, 2.05) is 23.5 Å². The molecule has 3 rings (SSSR count). The monoisotopic (exact) mass is 303 g/mol. The molecule has 0 aliphatic heterocycles. The quantitative estimate of drug-likeness (QED) is 0.890. The van der Waals surface area contributed by atoms with Gasteiger partial charge in [-0.3, -0.25) is 0 Å². The van der Waals surface area contributed by atoms with Crippen molar-refractivity contribution in [2.45, 2.75) is 38.3 Å². The molecule has 0 radical (unpaired) electrons. The smallest absolute Gasteiger partial charge is 0.160 e. The Morgan fingerprint density at radius 1 is 1.38 bits per heavy atom. The molecule has 0 saturated heterocycles. The van der Waals surface area contributed by atoms with E-state index in [4.69, 9.17) is 4.74 Å². The zero-order chi connectivity index (χ0) is 14.8. The molecule has 0 amide bonds. The van der Waals surface area contributed by atoms with Crippen LogP contribution >= 0.6 is 11.3 Å². The summed E-state index contributed by atoms with van der Waals surface area (Å²) in [7, 11) is 1.58. The molecule has 21 heavy (non-hydrogen) atoms. The fraction of sp³-hybridized carbons (Fsp3) is 0.412. The molecular weight excluding hydrogens is 282 g/mol. The molecule has 2 N–H and O–H groups in total. The van der Waals surface area contributed by atoms with Crippen LogP contribution in [0.25, 0.3) is 0 Å². The molecular formula is C17H21NO2S. The van der Waals surface area contributed by atoms with Gasteiger partial charge in [-0.2, -0.15) is 0 Å². The first-order chi connectivity index (χ1) is 10.2. The molecule has 112 valence electrons. The molecule has 0 fully saturated rings. The Morgan fingerprint density at radius 2 is 2.24 bits per heavy atom. The van der Waals surface area contributed by atoms with Crippen molar-refractivity contribution in [3.8, 4) is 11.5 Å². The Labute approximate surface area is 129 Å². The predicted octanol–water partition coefficient (Wildman–Crippen LogP) is 4.19. The molecule has 0 spiro atoms. The number of phenols is 1. The van der Waals surface area contributed by atoms with Gasteiger partial charge < -0.3 is 15.2 Å². The number of fused-ring (bicyclic) bond motifs is 1. The first-order valence-electron chi connectivity index (χ1n) is 7.38. The van der Waals surface area contributed by atoms with Crippen LogP contribution in [-0.4, -0.2) is 12.2 Å². The number of aromatic hydroxyl groups is 1. The number of aryl methyl sites for hydroxylation is 1. The topological polar surface area (TPSA) is 41.5 Å². The minimum atomic E-state index is 0.186. The molecule has 2 atom stereocenters. The number of phenolic OH excluding ortho intramolecular Hbond substituents is 1. The number of benzene rings is 1. The Balaban J connectivity index is 1.77. The standard InChI is InChI=1S/C17H21NO2S/c1-11(12-6-7-15(19)16(10-12)20-2)18-14-4-3-5-17-13(14)8-9-21-17/h6-11,14,18-19H,3-5H2,1-2H3. The van der Waals surface area contributed by atoms with Crippen LogP contribution in [0.1, 0.15) is 47.9 Å². The third-order valence-electron chi connectivity index (χ3n) is 4.21. The van der Waals surface area contributed by atoms with Gasteiger partial charge in [-0.1, -0.05) is 6.07 Å². The van der Waals surface area contributed by atoms with Gasteiger partial charge in [-0.15, -0.1) is 11.3 Å². The predicted molar refractivity (Wildman–Crippen MR) is 86.2 cm³/mol. The second-order valence-electron chi connectivity index (χ2n) is 5.56. The Hall–Kier alpha value is -1.52. The van der Waals surface area contributed by atoms with Gasteiger partial charge >= 0.3 is 0 Å². The number of rotatable bonds is 4. The van der Waals surface area contributed by atoms with Crippen molar-refractivity contribution < 1.29 is 9.84 Å². The minimum Gasteiger partial charge on any atom is -0.504 e. The van der Waals surface area contributed by atoms with E-state index in [2.05, 4.69) is 23.7 Å². The van der Waals surface area contributed by atoms with Crippen molar-refractivity contribution in [2.75, 3.05) is 7.11 Å². The summed E-state index contributed by atoms with van der Waals surface area (Å²) in [4.78, 5) is 1.52. The molecule has 1 aromatic heterocycles. The van der Waals surface area contributed by atoms with Crippen LogP contribution in [0.3, 0.4) is 0 Å². The van der Waals surface area contributed by atoms with Crippen LogP contribution in [0.5, 0.6) is 11.5 Å². The van der Waals surface area contributed by atoms with Gasteiger partial charge in [0.05, 0.1) is 7.11 Å². The van der Waals surface area contributed by atoms with Crippen molar-refractivity contribution in [2.24, 2.45) is 0 Å². The Bertz CT molecular complexity index is 623. The molecule has 0 saturated carbocycles. The summed E-state index contributed by atoms with van der Waals surface area (Å²) >= 11 is 1.87. The number of methoxy groups -OCH3 is 1. The summed E-state index contributed by atoms with van der Waals surface area (Å²) in [5.41, 5.74) is 2.59. The average molecular weight is 303 g/mol. The number of hydrogen-bond donors (Lipinski definition) is 2. The number of ether oxygens (including phenoxy) is 1. The van der Waals surface area contributed by atoms with E-state index < -0.39 is 0 Å². The fourth-order valence-corrected chi connectivity index (χ4v) is 4.01. The van der Waals surface area contributed by atoms with Gasteiger partial charge in [-0.05, 0) is 60.9 Å². The maximum absolute atomic E-state index is 9.70. The van der Waals surface area contributed by atoms with Gasteiger partial charge in [0.25, 0.3) is 0 Å². The summed E-state index contributed by atoms with van der Waals surface area (Å²) < 4.78 is 5.19. The van der Waals surface area contributed by atoms with E-state index in [0.717, 1.165) is 5.56 Å². The maximum Gasteiger partial charge on any atom is 0.160 e. The number of hydrogen-bond acceptors (Lipinski definition) is 4. The molecule has 0 bridgehead atoms. The lowest BCUT2D eigenvalue weighted by Crippen LogP contribution is -2.27. The minimum absolute atomic E-state index is 0.186. The van der Waals surface area contributed by atoms with Crippen LogP contribution in [0.15, 0.2) is 29.6 Å². The van der Waals surface area contributed by atoms with Crippen LogP contribution in [0.4, 0.5) is 0 Å². The molecule has 2 unspecified atom stereocenters. The SMILES string of the molecule is COc1cc(C(C)NC2CCCc3sccc32)ccc1O. The molecule has 4 heteroatoms. The summed E-state index contributed by atoms with van der Waals surface area (Å²) in [6, 6.07) is 8.45. The van der Waals surface area contributed by atoms with Crippen LogP contribution < -0.4 is 10.1 Å². The summed E-state index contributed by atoms with van der Waals surface area (Å²) in [5.74, 6) is 0.715. The highest BCUT2D eigenvalue weighted by Gasteiger charge is 2.23. The third kappa shape index (κ3) is 2.92. The van der Waals surface area contributed by atoms with E-state index >= 15 is 0 Å². The van der Waals surface area contributed by atoms with Crippen molar-refractivity contribution in [1.82, 2.24) is 5.32 Å². The zero-order valence-corrected chi connectivity index (χ0v) is 13.2. The summed E-state index contributed by atoms with van der Waals surface area (Å²) in [6.07, 6.45) is 3.65. The first-order valence-corrected chi connectivity index (χ1v) is 8.26. The van der Waals surface area contributed by atoms with Crippen molar-refractivity contribution in [1.29, 1.82) is 0 Å². The van der Waals surface area contributed by atoms with Crippen LogP contribution in [-0.2, 0) is 6.42 Å². The lowest BCUT2D eigenvalue weighted by Gasteiger charge is -2.27. The van der Waals surface area contributed by atoms with Gasteiger partial charge in [-0.25, -0.2) is 0 Å². The lowest BCUT2D eigenvalue weighted by atomic mass is 9.93. The van der Waals surface area contributed by atoms with E-state index in [0.29, 0.717) is 11.8 Å². The Morgan fingerprint density at radius 3 is 3.05 bits per heavy atom. The van der Waals surface area contributed by atoms with Crippen molar-refractivity contribution in [3.63, 3.8) is 0 Å². The molecule has 1 aliphatic carbocycles. The molecule has 1 aliphatic rings. The van der Waals surface area contributed by atoms with E-state index in [1.54, 1.807) is 13.2 Å². The van der Waals surface area contributed by atoms with Gasteiger partial charge in [0.2, 0.25) is 0 Å². The number of thiophene rings is 1. The molecule has 1 heterocycles. The van der Waals surface area contributed by atoms with Crippen LogP contribution in [0.2, 0.25) is 0 Å². The normalized spacial score (nSPS) is 19.0. The molecule has 2 aromatic rings. The Kier molecular flexibility index (Phi) is 4.17. The highest BCUT2D eigenvalue weighted by Crippen LogP contribution is 2.35. The van der Waals surface area contributed by atoms with Gasteiger partial charge in [0, 0.05) is 17.0 Å². The van der Waals surface area contributed by atoms with Crippen molar-refractivity contribution in [3.05, 3.63) is 45.6 Å². The second-order valence-corrected chi connectivity index (χ2v) is 6.56. The third-order valence-corrected chi connectivity index (χ3v) is 5.20. The highest BCUT2D eigenvalue weighted by atomic mass is 32.1. The largest absolute Gasteiger partial charge is 0.504 e. The highest BCUT2D eigenvalue weighted by molar-refractivity contribution is 7.10. The van der Waals surface area contributed by atoms with Crippen LogP contribution in [0, 0.1) is 0 Å². The fourth-order valence-electron chi connectivity index (χ4n) is 3.02. The zero-order valence-electron chi connectivity index (χ0n) is 12.4. The molecule has 1 aromatic carbocycles. The van der Waals surface area contributed by atoms with E-state index in [9.17, 15) is 5.11 Å². The maximum atomic E-state index is 9.70. The van der Waals surface area contributed by atoms with Gasteiger partial charge in [0.15, 0.2) is 11.5 Å². The summed E-state index contributed by atoms with van der Waals surface area (Å²) in [6.45, 7) is 2.16. The van der Waals surface area contributed by atoms with E-state index in [1.165, 1.54) is 29.7 Å². The molecule has 3 nitrogen and oxygen atoms in total.